The average molecular weight is 270 g/mol. The van der Waals surface area contributed by atoms with Crippen molar-refractivity contribution in [1.82, 2.24) is 5.32 Å². The van der Waals surface area contributed by atoms with Crippen molar-refractivity contribution >= 4 is 17.9 Å². The number of nitrogens with two attached hydrogens (primary N) is 1. The van der Waals surface area contributed by atoms with Crippen LogP contribution in [0, 0.1) is 5.82 Å². The number of rotatable bonds is 4. The third-order valence-corrected chi connectivity index (χ3v) is 3.92. The van der Waals surface area contributed by atoms with Crippen LogP contribution in [0.1, 0.15) is 18.0 Å². The molecule has 2 rings (SSSR count). The molecule has 1 amide bonds. The van der Waals surface area contributed by atoms with E-state index in [9.17, 15) is 9.18 Å². The highest BCUT2D eigenvalue weighted by molar-refractivity contribution is 7.99. The summed E-state index contributed by atoms with van der Waals surface area (Å²) in [6, 6.07) is 5.23. The van der Waals surface area contributed by atoms with Crippen LogP contribution in [0.25, 0.3) is 0 Å². The Labute approximate surface area is 109 Å². The number of ether oxygens (including phenoxy) is 1. The maximum absolute atomic E-state index is 13.6. The number of carbonyl (C=O) groups excluding carboxylic acids is 1. The Morgan fingerprint density at radius 3 is 3.22 bits per heavy atom. The van der Waals surface area contributed by atoms with Crippen LogP contribution in [0.15, 0.2) is 23.1 Å². The smallest absolute Gasteiger partial charge is 0.404 e. The summed E-state index contributed by atoms with van der Waals surface area (Å²) in [5, 5.41) is 3.25. The van der Waals surface area contributed by atoms with Crippen LogP contribution in [0.2, 0.25) is 0 Å². The van der Waals surface area contributed by atoms with Crippen LogP contribution in [0.5, 0.6) is 0 Å². The van der Waals surface area contributed by atoms with E-state index in [0.29, 0.717) is 6.54 Å². The van der Waals surface area contributed by atoms with Crippen molar-refractivity contribution in [3.05, 3.63) is 29.6 Å². The first kappa shape index (κ1) is 13.2. The van der Waals surface area contributed by atoms with Gasteiger partial charge in [0.05, 0.1) is 0 Å². The van der Waals surface area contributed by atoms with E-state index >= 15 is 0 Å². The van der Waals surface area contributed by atoms with Crippen molar-refractivity contribution in [2.75, 3.05) is 18.9 Å². The van der Waals surface area contributed by atoms with E-state index in [1.165, 1.54) is 6.07 Å². The molecule has 0 spiro atoms. The average Bonchev–Trinajstić information content (AvgIpc) is 2.35. The molecule has 1 atom stereocenters. The van der Waals surface area contributed by atoms with E-state index in [-0.39, 0.29) is 18.5 Å². The molecule has 1 unspecified atom stereocenters. The molecule has 0 aliphatic carbocycles. The highest BCUT2D eigenvalue weighted by Crippen LogP contribution is 2.37. The van der Waals surface area contributed by atoms with Gasteiger partial charge in [-0.15, -0.1) is 11.8 Å². The number of halogens is 1. The van der Waals surface area contributed by atoms with E-state index in [2.05, 4.69) is 10.1 Å². The van der Waals surface area contributed by atoms with Crippen LogP contribution in [-0.4, -0.2) is 25.0 Å². The van der Waals surface area contributed by atoms with Gasteiger partial charge < -0.3 is 15.8 Å². The first-order chi connectivity index (χ1) is 8.68. The monoisotopic (exact) mass is 270 g/mol. The van der Waals surface area contributed by atoms with Crippen LogP contribution in [0.4, 0.5) is 9.18 Å². The number of hydrogen-bond donors (Lipinski definition) is 2. The summed E-state index contributed by atoms with van der Waals surface area (Å²) in [5.41, 5.74) is 5.84. The van der Waals surface area contributed by atoms with Crippen LogP contribution >= 0.6 is 11.8 Å². The van der Waals surface area contributed by atoms with Crippen molar-refractivity contribution in [3.8, 4) is 0 Å². The number of nitrogens with one attached hydrogen (secondary N) is 1. The Hall–Kier alpha value is -1.27. The SMILES string of the molecule is NC(=O)OCCNC1CCSc2c(F)cccc21. The maximum atomic E-state index is 13.6. The fraction of sp³-hybridized carbons (Fsp3) is 0.417. The molecule has 1 aromatic rings. The second-order valence-corrected chi connectivity index (χ2v) is 5.07. The highest BCUT2D eigenvalue weighted by atomic mass is 32.2. The zero-order valence-electron chi connectivity index (χ0n) is 9.82. The van der Waals surface area contributed by atoms with Crippen LogP contribution < -0.4 is 11.1 Å². The third kappa shape index (κ3) is 3.14. The summed E-state index contributed by atoms with van der Waals surface area (Å²) in [6.07, 6.45) is 0.153. The standard InChI is InChI=1S/C12H15FN2O2S/c13-9-3-1-2-8-10(4-7-18-11(8)9)15-5-6-17-12(14)16/h1-3,10,15H,4-7H2,(H2,14,16). The number of fused-ring (bicyclic) bond motifs is 1. The fourth-order valence-electron chi connectivity index (χ4n) is 1.98. The molecule has 0 aromatic heterocycles. The molecule has 98 valence electrons. The fourth-order valence-corrected chi connectivity index (χ4v) is 3.12. The lowest BCUT2D eigenvalue weighted by Crippen LogP contribution is -2.29. The van der Waals surface area contributed by atoms with Gasteiger partial charge in [0.25, 0.3) is 0 Å². The summed E-state index contributed by atoms with van der Waals surface area (Å²) in [5.74, 6) is 0.708. The van der Waals surface area contributed by atoms with Crippen LogP contribution in [-0.2, 0) is 4.74 Å². The minimum absolute atomic E-state index is 0.105. The molecule has 18 heavy (non-hydrogen) atoms. The number of hydrogen-bond acceptors (Lipinski definition) is 4. The van der Waals surface area contributed by atoms with Gasteiger partial charge in [-0.25, -0.2) is 9.18 Å². The summed E-state index contributed by atoms with van der Waals surface area (Å²) < 4.78 is 18.2. The van der Waals surface area contributed by atoms with E-state index in [4.69, 9.17) is 5.73 Å². The number of amides is 1. The van der Waals surface area contributed by atoms with Gasteiger partial charge in [-0.1, -0.05) is 12.1 Å². The molecule has 0 fully saturated rings. The summed E-state index contributed by atoms with van der Waals surface area (Å²) >= 11 is 1.54. The lowest BCUT2D eigenvalue weighted by molar-refractivity contribution is 0.156. The van der Waals surface area contributed by atoms with E-state index in [1.807, 2.05) is 6.07 Å². The minimum atomic E-state index is -0.776. The van der Waals surface area contributed by atoms with E-state index in [0.717, 1.165) is 22.6 Å². The lowest BCUT2D eigenvalue weighted by Gasteiger charge is -2.26. The Morgan fingerprint density at radius 2 is 2.44 bits per heavy atom. The van der Waals surface area contributed by atoms with Crippen molar-refractivity contribution in [1.29, 1.82) is 0 Å². The summed E-state index contributed by atoms with van der Waals surface area (Å²) in [7, 11) is 0. The minimum Gasteiger partial charge on any atom is -0.448 e. The van der Waals surface area contributed by atoms with Gasteiger partial charge in [-0.3, -0.25) is 0 Å². The molecule has 1 aromatic carbocycles. The molecule has 3 N–H and O–H groups in total. The van der Waals surface area contributed by atoms with Gasteiger partial charge in [0, 0.05) is 17.5 Å². The zero-order valence-corrected chi connectivity index (χ0v) is 10.6. The summed E-state index contributed by atoms with van der Waals surface area (Å²) in [4.78, 5) is 11.1. The summed E-state index contributed by atoms with van der Waals surface area (Å²) in [6.45, 7) is 0.734. The number of carbonyl (C=O) groups is 1. The van der Waals surface area contributed by atoms with Gasteiger partial charge in [0.15, 0.2) is 0 Å². The Kier molecular flexibility index (Phi) is 4.43. The molecule has 6 heteroatoms. The second kappa shape index (κ2) is 6.06. The Balaban J connectivity index is 1.96. The number of benzene rings is 1. The van der Waals surface area contributed by atoms with Crippen molar-refractivity contribution < 1.29 is 13.9 Å². The largest absolute Gasteiger partial charge is 0.448 e. The lowest BCUT2D eigenvalue weighted by atomic mass is 10.0. The van der Waals surface area contributed by atoms with Crippen molar-refractivity contribution in [3.63, 3.8) is 0 Å². The molecule has 1 aliphatic heterocycles. The predicted molar refractivity (Wildman–Crippen MR) is 68.0 cm³/mol. The second-order valence-electron chi connectivity index (χ2n) is 3.97. The topological polar surface area (TPSA) is 64.4 Å². The Bertz CT molecular complexity index is 442. The molecule has 0 saturated heterocycles. The maximum Gasteiger partial charge on any atom is 0.404 e. The zero-order chi connectivity index (χ0) is 13.0. The van der Waals surface area contributed by atoms with Gasteiger partial charge in [-0.05, 0) is 23.8 Å². The van der Waals surface area contributed by atoms with Crippen LogP contribution in [0.3, 0.4) is 0 Å². The van der Waals surface area contributed by atoms with Crippen molar-refractivity contribution in [2.45, 2.75) is 17.4 Å². The molecule has 0 saturated carbocycles. The molecule has 0 radical (unpaired) electrons. The Morgan fingerprint density at radius 1 is 1.61 bits per heavy atom. The van der Waals surface area contributed by atoms with Gasteiger partial charge in [-0.2, -0.15) is 0 Å². The van der Waals surface area contributed by atoms with Crippen molar-refractivity contribution in [2.24, 2.45) is 5.73 Å². The first-order valence-corrected chi connectivity index (χ1v) is 6.74. The molecule has 1 aliphatic rings. The molecule has 1 heterocycles. The molecule has 4 nitrogen and oxygen atoms in total. The van der Waals surface area contributed by atoms with Gasteiger partial charge >= 0.3 is 6.09 Å². The number of primary amides is 1. The van der Waals surface area contributed by atoms with Gasteiger partial charge in [0.2, 0.25) is 0 Å². The highest BCUT2D eigenvalue weighted by Gasteiger charge is 2.22. The normalized spacial score (nSPS) is 18.2. The predicted octanol–water partition coefficient (Wildman–Crippen LogP) is 2.05. The number of thioether (sulfide) groups is 1. The third-order valence-electron chi connectivity index (χ3n) is 2.76. The first-order valence-electron chi connectivity index (χ1n) is 5.75. The molecular weight excluding hydrogens is 255 g/mol. The molecular formula is C12H15FN2O2S. The quantitative estimate of drug-likeness (QED) is 0.822. The van der Waals surface area contributed by atoms with E-state index in [1.54, 1.807) is 17.8 Å². The molecule has 0 bridgehead atoms. The van der Waals surface area contributed by atoms with E-state index < -0.39 is 6.09 Å². The van der Waals surface area contributed by atoms with Gasteiger partial charge in [0.1, 0.15) is 12.4 Å².